The second-order valence-electron chi connectivity index (χ2n) is 0. The fourth-order valence-electron chi connectivity index (χ4n) is 0. The molecule has 0 unspecified atom stereocenters. The molecule has 7 heavy (non-hydrogen) atoms. The van der Waals surface area contributed by atoms with Crippen LogP contribution < -0.4 is 74.9 Å². The van der Waals surface area contributed by atoms with E-state index in [9.17, 15) is 0 Å². The van der Waals surface area contributed by atoms with E-state index < -0.39 is 0 Å². The van der Waals surface area contributed by atoms with Crippen LogP contribution in [0.5, 0.6) is 0 Å². The van der Waals surface area contributed by atoms with Gasteiger partial charge >= 0.3 is 67.9 Å². The van der Waals surface area contributed by atoms with Gasteiger partial charge in [-0.2, -0.15) is 0 Å². The van der Waals surface area contributed by atoms with Gasteiger partial charge in [-0.05, 0) is 0 Å². The molecule has 0 aromatic heterocycles. The Hall–Kier alpha value is 1.78. The Kier molecular flexibility index (Phi) is 2710. The van der Waals surface area contributed by atoms with Crippen molar-refractivity contribution in [3.63, 3.8) is 0 Å². The van der Waals surface area contributed by atoms with Crippen molar-refractivity contribution in [2.45, 2.75) is 0 Å². The maximum atomic E-state index is 0. The van der Waals surface area contributed by atoms with Crippen LogP contribution in [0.15, 0.2) is 0 Å². The third-order valence-electron chi connectivity index (χ3n) is 0. The van der Waals surface area contributed by atoms with Crippen molar-refractivity contribution in [2.75, 3.05) is 0 Å². The van der Waals surface area contributed by atoms with E-state index in [0.717, 1.165) is 0 Å². The van der Waals surface area contributed by atoms with E-state index in [4.69, 9.17) is 0 Å². The van der Waals surface area contributed by atoms with Crippen molar-refractivity contribution in [3.05, 3.63) is 0 Å². The van der Waals surface area contributed by atoms with Crippen LogP contribution in [0.3, 0.4) is 0 Å². The smallest absolute Gasteiger partial charge is 1.00 e. The summed E-state index contributed by atoms with van der Waals surface area (Å²) in [5, 5.41) is 0. The van der Waals surface area contributed by atoms with Gasteiger partial charge in [0.05, 0.1) is 0 Å². The second-order valence-corrected chi connectivity index (χ2v) is 0. The van der Waals surface area contributed by atoms with E-state index in [0.29, 0.717) is 0 Å². The molecule has 0 amide bonds. The molecule has 0 saturated heterocycles. The quantitative estimate of drug-likeness (QED) is 0.264. The Morgan fingerprint density at radius 2 is 0.429 bits per heavy atom. The van der Waals surface area contributed by atoms with Crippen LogP contribution in [-0.4, -0.2) is 0 Å². The Morgan fingerprint density at radius 3 is 0.429 bits per heavy atom. The minimum absolute atomic E-state index is 0. The third-order valence-corrected chi connectivity index (χ3v) is 0. The first-order valence-corrected chi connectivity index (χ1v) is 0. The zero-order chi connectivity index (χ0) is 0. The molecule has 0 saturated carbocycles. The zero-order valence-corrected chi connectivity index (χ0v) is 7.32. The fourth-order valence-corrected chi connectivity index (χ4v) is 0. The molecule has 0 rings (SSSR count). The van der Waals surface area contributed by atoms with Gasteiger partial charge in [-0.15, -0.1) is 0 Å². The van der Waals surface area contributed by atoms with Crippen LogP contribution in [-0.2, 0) is 16.5 Å². The Morgan fingerprint density at radius 1 is 0.429 bits per heavy atom. The van der Waals surface area contributed by atoms with Gasteiger partial charge in [-0.1, -0.05) is 0 Å². The van der Waals surface area contributed by atoms with Gasteiger partial charge in [-0.25, -0.2) is 0 Å². The minimum Gasteiger partial charge on any atom is -1.00 e. The van der Waals surface area contributed by atoms with Crippen LogP contribution in [0, 0.1) is 0 Å². The van der Waals surface area contributed by atoms with Gasteiger partial charge in [0, 0.05) is 0 Å². The standard InChI is InChI=1S/5FH.K.Ni/h5*1H;;/q;;;;;+1;+4/p-5. The third kappa shape index (κ3) is 82.0. The van der Waals surface area contributed by atoms with Gasteiger partial charge in [0.2, 0.25) is 0 Å². The van der Waals surface area contributed by atoms with Gasteiger partial charge in [-0.3, -0.25) is 0 Å². The summed E-state index contributed by atoms with van der Waals surface area (Å²) in [4.78, 5) is 0. The molecule has 0 aliphatic carbocycles. The molecule has 0 atom stereocenters. The summed E-state index contributed by atoms with van der Waals surface area (Å²) in [6.45, 7) is 0. The molecule has 0 fully saturated rings. The molecular weight excluding hydrogens is 193 g/mol. The van der Waals surface area contributed by atoms with Crippen LogP contribution in [0.4, 0.5) is 0 Å². The summed E-state index contributed by atoms with van der Waals surface area (Å²) in [7, 11) is 0. The maximum Gasteiger partial charge on any atom is 4.00 e. The Balaban J connectivity index is 0. The van der Waals surface area contributed by atoms with E-state index in [1.807, 2.05) is 0 Å². The predicted octanol–water partition coefficient (Wildman–Crippen LogP) is -18.0. The first kappa shape index (κ1) is 168. The van der Waals surface area contributed by atoms with E-state index >= 15 is 0 Å². The van der Waals surface area contributed by atoms with Gasteiger partial charge in [0.1, 0.15) is 0 Å². The summed E-state index contributed by atoms with van der Waals surface area (Å²) in [6, 6.07) is 0. The fraction of sp³-hybridized carbons (Fsp3) is 0. The SMILES string of the molecule is [F-].[F-].[F-].[F-].[F-].[K+].[Ni+4]. The Bertz CT molecular complexity index is 8.04. The summed E-state index contributed by atoms with van der Waals surface area (Å²) < 4.78 is 0. The van der Waals surface area contributed by atoms with Crippen LogP contribution in [0.1, 0.15) is 0 Å². The second kappa shape index (κ2) is 113. The van der Waals surface area contributed by atoms with Crippen LogP contribution >= 0.6 is 0 Å². The molecule has 0 aromatic carbocycles. The largest absolute Gasteiger partial charge is 4.00 e. The molecule has 0 nitrogen and oxygen atoms in total. The van der Waals surface area contributed by atoms with Crippen LogP contribution in [0.2, 0.25) is 0 Å². The summed E-state index contributed by atoms with van der Waals surface area (Å²) in [6.07, 6.45) is 0. The monoisotopic (exact) mass is 192 g/mol. The van der Waals surface area contributed by atoms with E-state index in [1.165, 1.54) is 0 Å². The number of hydrogen-bond donors (Lipinski definition) is 0. The van der Waals surface area contributed by atoms with E-state index in [1.54, 1.807) is 0 Å². The molecule has 0 aliphatic rings. The average Bonchev–Trinajstić information content (AvgIpc) is 0. The molecule has 0 aliphatic heterocycles. The first-order chi connectivity index (χ1) is 0. The number of hydrogen-bond acceptors (Lipinski definition) is 0. The molecule has 0 spiro atoms. The zero-order valence-electron chi connectivity index (χ0n) is 3.21. The van der Waals surface area contributed by atoms with Gasteiger partial charge < -0.3 is 23.5 Å². The molecule has 7 heteroatoms. The molecule has 0 aromatic rings. The summed E-state index contributed by atoms with van der Waals surface area (Å²) >= 11 is 0. The minimum atomic E-state index is 0. The first-order valence-electron chi connectivity index (χ1n) is 0. The molecule has 46 valence electrons. The van der Waals surface area contributed by atoms with Crippen molar-refractivity contribution in [2.24, 2.45) is 0 Å². The number of rotatable bonds is 0. The predicted molar refractivity (Wildman–Crippen MR) is 0 cm³/mol. The van der Waals surface area contributed by atoms with Gasteiger partial charge in [0.25, 0.3) is 0 Å². The molecule has 0 heterocycles. The maximum absolute atomic E-state index is 0. The van der Waals surface area contributed by atoms with Crippen LogP contribution in [0.25, 0.3) is 0 Å². The molecular formula is F5KNi. The van der Waals surface area contributed by atoms with Crippen molar-refractivity contribution >= 4 is 0 Å². The van der Waals surface area contributed by atoms with Crippen molar-refractivity contribution < 1.29 is 91.4 Å². The molecule has 0 N–H and O–H groups in total. The van der Waals surface area contributed by atoms with E-state index in [-0.39, 0.29) is 91.4 Å². The molecule has 0 bridgehead atoms. The average molecular weight is 193 g/mol. The topological polar surface area (TPSA) is 0 Å². The van der Waals surface area contributed by atoms with E-state index in [2.05, 4.69) is 0 Å². The summed E-state index contributed by atoms with van der Waals surface area (Å²) in [5.74, 6) is 0. The summed E-state index contributed by atoms with van der Waals surface area (Å²) in [5.41, 5.74) is 0. The van der Waals surface area contributed by atoms with Gasteiger partial charge in [0.15, 0.2) is 0 Å². The van der Waals surface area contributed by atoms with Crippen molar-refractivity contribution in [1.29, 1.82) is 0 Å². The van der Waals surface area contributed by atoms with Crippen molar-refractivity contribution in [1.82, 2.24) is 0 Å². The number of halogens is 5. The normalized spacial score (nSPS) is 0. The van der Waals surface area contributed by atoms with Crippen molar-refractivity contribution in [3.8, 4) is 0 Å². The molecule has 0 radical (unpaired) electrons. The Labute approximate surface area is 90.0 Å².